The lowest BCUT2D eigenvalue weighted by Gasteiger charge is -2.19. The van der Waals surface area contributed by atoms with Crippen molar-refractivity contribution < 1.29 is 19.5 Å². The first kappa shape index (κ1) is 17.2. The first-order valence-corrected chi connectivity index (χ1v) is 6.29. The van der Waals surface area contributed by atoms with Crippen molar-refractivity contribution in [1.29, 1.82) is 0 Å². The second-order valence-electron chi connectivity index (χ2n) is 4.71. The van der Waals surface area contributed by atoms with Gasteiger partial charge in [0.25, 0.3) is 0 Å². The van der Waals surface area contributed by atoms with Crippen molar-refractivity contribution in [2.45, 2.75) is 33.2 Å². The molecule has 3 amide bonds. The van der Waals surface area contributed by atoms with Crippen molar-refractivity contribution >= 4 is 17.9 Å². The van der Waals surface area contributed by atoms with Gasteiger partial charge in [-0.1, -0.05) is 6.92 Å². The van der Waals surface area contributed by atoms with Gasteiger partial charge < -0.3 is 20.6 Å². The fraction of sp³-hybridized carbons (Fsp3) is 0.750. The van der Waals surface area contributed by atoms with E-state index in [0.717, 1.165) is 0 Å². The molecule has 7 heteroatoms. The fourth-order valence-corrected chi connectivity index (χ4v) is 1.41. The van der Waals surface area contributed by atoms with Crippen molar-refractivity contribution in [3.63, 3.8) is 0 Å². The van der Waals surface area contributed by atoms with Crippen molar-refractivity contribution in [3.05, 3.63) is 0 Å². The summed E-state index contributed by atoms with van der Waals surface area (Å²) in [6.45, 7) is 5.40. The number of aliphatic carboxylic acids is 1. The van der Waals surface area contributed by atoms with E-state index in [0.29, 0.717) is 6.42 Å². The predicted molar refractivity (Wildman–Crippen MR) is 70.7 cm³/mol. The summed E-state index contributed by atoms with van der Waals surface area (Å²) in [6.07, 6.45) is 0.438. The lowest BCUT2D eigenvalue weighted by atomic mass is 10.1. The standard InChI is InChI=1S/C12H23N3O4/c1-5-9(11(17)18)6-13-12(19)15(4)7-10(16)14-8(2)3/h8-9H,5-7H2,1-4H3,(H,13,19)(H,14,16)(H,17,18). The summed E-state index contributed by atoms with van der Waals surface area (Å²) in [5.41, 5.74) is 0. The third-order valence-electron chi connectivity index (χ3n) is 2.52. The minimum atomic E-state index is -0.942. The Balaban J connectivity index is 4.13. The molecule has 0 aliphatic heterocycles. The molecule has 0 aliphatic carbocycles. The molecular formula is C12H23N3O4. The van der Waals surface area contributed by atoms with Crippen molar-refractivity contribution in [2.24, 2.45) is 5.92 Å². The van der Waals surface area contributed by atoms with E-state index in [4.69, 9.17) is 5.11 Å². The van der Waals surface area contributed by atoms with Crippen molar-refractivity contribution in [3.8, 4) is 0 Å². The summed E-state index contributed by atoms with van der Waals surface area (Å²) in [5.74, 6) is -1.80. The van der Waals surface area contributed by atoms with Gasteiger partial charge in [0, 0.05) is 19.6 Å². The van der Waals surface area contributed by atoms with Gasteiger partial charge in [0.05, 0.1) is 5.92 Å². The summed E-state index contributed by atoms with van der Waals surface area (Å²) in [5, 5.41) is 14.0. The molecule has 0 spiro atoms. The van der Waals surface area contributed by atoms with Crippen LogP contribution in [0.5, 0.6) is 0 Å². The van der Waals surface area contributed by atoms with Gasteiger partial charge in [-0.25, -0.2) is 4.79 Å². The number of rotatable bonds is 7. The maximum atomic E-state index is 11.6. The minimum Gasteiger partial charge on any atom is -0.481 e. The molecule has 0 heterocycles. The number of amides is 3. The normalized spacial score (nSPS) is 11.8. The highest BCUT2D eigenvalue weighted by atomic mass is 16.4. The van der Waals surface area contributed by atoms with E-state index in [-0.39, 0.29) is 25.0 Å². The fourth-order valence-electron chi connectivity index (χ4n) is 1.41. The summed E-state index contributed by atoms with van der Waals surface area (Å²) < 4.78 is 0. The number of carboxylic acid groups (broad SMARTS) is 1. The lowest BCUT2D eigenvalue weighted by molar-refractivity contribution is -0.141. The molecule has 110 valence electrons. The maximum Gasteiger partial charge on any atom is 0.317 e. The van der Waals surface area contributed by atoms with Crippen LogP contribution in [-0.2, 0) is 9.59 Å². The van der Waals surface area contributed by atoms with Crippen LogP contribution in [0.1, 0.15) is 27.2 Å². The van der Waals surface area contributed by atoms with E-state index in [1.54, 1.807) is 6.92 Å². The second-order valence-corrected chi connectivity index (χ2v) is 4.71. The van der Waals surface area contributed by atoms with E-state index in [1.807, 2.05) is 13.8 Å². The SMILES string of the molecule is CCC(CNC(=O)N(C)CC(=O)NC(C)C)C(=O)O. The number of urea groups is 1. The zero-order chi connectivity index (χ0) is 15.0. The van der Waals surface area contributed by atoms with Gasteiger partial charge in [-0.2, -0.15) is 0 Å². The summed E-state index contributed by atoms with van der Waals surface area (Å²) in [7, 11) is 1.48. The van der Waals surface area contributed by atoms with Crippen LogP contribution in [0.15, 0.2) is 0 Å². The van der Waals surface area contributed by atoms with E-state index < -0.39 is 17.9 Å². The van der Waals surface area contributed by atoms with Crippen LogP contribution >= 0.6 is 0 Å². The largest absolute Gasteiger partial charge is 0.481 e. The average molecular weight is 273 g/mol. The Labute approximate surface area is 113 Å². The first-order chi connectivity index (χ1) is 8.77. The summed E-state index contributed by atoms with van der Waals surface area (Å²) in [4.78, 5) is 35.1. The Hall–Kier alpha value is -1.79. The quantitative estimate of drug-likeness (QED) is 0.619. The molecule has 0 aromatic rings. The predicted octanol–water partition coefficient (Wildman–Crippen LogP) is 0.263. The molecular weight excluding hydrogens is 250 g/mol. The zero-order valence-corrected chi connectivity index (χ0v) is 11.9. The molecule has 1 atom stereocenters. The van der Waals surface area contributed by atoms with Crippen molar-refractivity contribution in [1.82, 2.24) is 15.5 Å². The number of carbonyl (C=O) groups excluding carboxylic acids is 2. The van der Waals surface area contributed by atoms with Gasteiger partial charge in [-0.15, -0.1) is 0 Å². The zero-order valence-electron chi connectivity index (χ0n) is 11.9. The number of carboxylic acids is 1. The van der Waals surface area contributed by atoms with E-state index in [1.165, 1.54) is 11.9 Å². The van der Waals surface area contributed by atoms with Crippen LogP contribution in [0.2, 0.25) is 0 Å². The smallest absolute Gasteiger partial charge is 0.317 e. The minimum absolute atomic E-state index is 0.0143. The maximum absolute atomic E-state index is 11.6. The van der Waals surface area contributed by atoms with Gasteiger partial charge in [-0.3, -0.25) is 9.59 Å². The molecule has 0 aromatic carbocycles. The Kier molecular flexibility index (Phi) is 7.55. The molecule has 0 aliphatic rings. The van der Waals surface area contributed by atoms with E-state index in [2.05, 4.69) is 10.6 Å². The number of carbonyl (C=O) groups is 3. The Morgan fingerprint density at radius 2 is 1.84 bits per heavy atom. The second kappa shape index (κ2) is 8.34. The molecule has 0 aromatic heterocycles. The molecule has 0 saturated carbocycles. The Bertz CT molecular complexity index is 331. The number of nitrogens with zero attached hydrogens (tertiary/aromatic N) is 1. The van der Waals surface area contributed by atoms with Crippen LogP contribution < -0.4 is 10.6 Å². The highest BCUT2D eigenvalue weighted by Gasteiger charge is 2.18. The van der Waals surface area contributed by atoms with Gasteiger partial charge in [0.2, 0.25) is 5.91 Å². The Morgan fingerprint density at radius 1 is 1.26 bits per heavy atom. The molecule has 7 nitrogen and oxygen atoms in total. The number of hydrogen-bond acceptors (Lipinski definition) is 3. The monoisotopic (exact) mass is 273 g/mol. The average Bonchev–Trinajstić information content (AvgIpc) is 2.27. The molecule has 0 fully saturated rings. The van der Waals surface area contributed by atoms with Gasteiger partial charge in [0.1, 0.15) is 6.54 Å². The number of hydrogen-bond donors (Lipinski definition) is 3. The molecule has 0 bridgehead atoms. The number of nitrogens with one attached hydrogen (secondary N) is 2. The van der Waals surface area contributed by atoms with Crippen LogP contribution in [0.4, 0.5) is 4.79 Å². The Morgan fingerprint density at radius 3 is 2.26 bits per heavy atom. The molecule has 1 unspecified atom stereocenters. The lowest BCUT2D eigenvalue weighted by Crippen LogP contribution is -2.46. The molecule has 0 radical (unpaired) electrons. The third-order valence-corrected chi connectivity index (χ3v) is 2.52. The highest BCUT2D eigenvalue weighted by molar-refractivity contribution is 5.84. The molecule has 3 N–H and O–H groups in total. The van der Waals surface area contributed by atoms with Crippen LogP contribution in [0.25, 0.3) is 0 Å². The van der Waals surface area contributed by atoms with Crippen LogP contribution in [-0.4, -0.2) is 54.1 Å². The first-order valence-electron chi connectivity index (χ1n) is 6.29. The van der Waals surface area contributed by atoms with E-state index in [9.17, 15) is 14.4 Å². The number of likely N-dealkylation sites (N-methyl/N-ethyl adjacent to an activating group) is 1. The molecule has 19 heavy (non-hydrogen) atoms. The van der Waals surface area contributed by atoms with Crippen molar-refractivity contribution in [2.75, 3.05) is 20.1 Å². The third kappa shape index (κ3) is 7.28. The van der Waals surface area contributed by atoms with E-state index >= 15 is 0 Å². The van der Waals surface area contributed by atoms with Gasteiger partial charge in [-0.05, 0) is 20.3 Å². The van der Waals surface area contributed by atoms with Gasteiger partial charge >= 0.3 is 12.0 Å². The summed E-state index contributed by atoms with van der Waals surface area (Å²) >= 11 is 0. The van der Waals surface area contributed by atoms with Crippen LogP contribution in [0, 0.1) is 5.92 Å². The van der Waals surface area contributed by atoms with Gasteiger partial charge in [0.15, 0.2) is 0 Å². The molecule has 0 saturated heterocycles. The summed E-state index contributed by atoms with van der Waals surface area (Å²) in [6, 6.07) is -0.445. The topological polar surface area (TPSA) is 98.7 Å². The highest BCUT2D eigenvalue weighted by Crippen LogP contribution is 2.00. The molecule has 0 rings (SSSR count). The van der Waals surface area contributed by atoms with Crippen LogP contribution in [0.3, 0.4) is 0 Å².